The lowest BCUT2D eigenvalue weighted by Crippen LogP contribution is -2.39. The maximum atomic E-state index is 6.01. The molecule has 0 bridgehead atoms. The topological polar surface area (TPSA) is 67.1 Å². The van der Waals surface area contributed by atoms with Crippen LogP contribution in [0, 0.1) is 0 Å². The minimum absolute atomic E-state index is 0.177. The van der Waals surface area contributed by atoms with Gasteiger partial charge in [-0.1, -0.05) is 30.7 Å². The summed E-state index contributed by atoms with van der Waals surface area (Å²) in [6.45, 7) is 7.40. The monoisotopic (exact) mass is 374 g/mol. The molecule has 2 aromatic rings. The standard InChI is InChI=1S/C19H27ClN6/c1-3-17-25-24-14-26(17)12-11-22-18(21-4-2)23-13-19(9-10-19)15-5-7-16(20)8-6-15/h5-8,14H,3-4,9-13H2,1-2H3,(H2,21,22,23). The predicted octanol–water partition coefficient (Wildman–Crippen LogP) is 2.78. The zero-order chi connectivity index (χ0) is 18.4. The highest BCUT2D eigenvalue weighted by Gasteiger charge is 2.44. The van der Waals surface area contributed by atoms with Crippen LogP contribution < -0.4 is 10.6 Å². The van der Waals surface area contributed by atoms with Crippen molar-refractivity contribution in [2.75, 3.05) is 19.6 Å². The summed E-state index contributed by atoms with van der Waals surface area (Å²) in [5, 5.41) is 15.6. The number of hydrogen-bond acceptors (Lipinski definition) is 3. The van der Waals surface area contributed by atoms with Gasteiger partial charge in [0.2, 0.25) is 0 Å². The molecule has 7 heteroatoms. The number of nitrogens with one attached hydrogen (secondary N) is 2. The van der Waals surface area contributed by atoms with Crippen molar-refractivity contribution in [3.63, 3.8) is 0 Å². The maximum Gasteiger partial charge on any atom is 0.191 e. The zero-order valence-electron chi connectivity index (χ0n) is 15.5. The van der Waals surface area contributed by atoms with E-state index in [0.717, 1.165) is 49.4 Å². The summed E-state index contributed by atoms with van der Waals surface area (Å²) in [6, 6.07) is 8.19. The lowest BCUT2D eigenvalue weighted by Gasteiger charge is -2.16. The first kappa shape index (κ1) is 18.7. The zero-order valence-corrected chi connectivity index (χ0v) is 16.3. The molecule has 1 aliphatic carbocycles. The van der Waals surface area contributed by atoms with Crippen LogP contribution in [-0.2, 0) is 18.4 Å². The third kappa shape index (κ3) is 4.55. The number of hydrogen-bond donors (Lipinski definition) is 2. The van der Waals surface area contributed by atoms with Gasteiger partial charge in [0.15, 0.2) is 5.96 Å². The maximum absolute atomic E-state index is 6.01. The van der Waals surface area contributed by atoms with Gasteiger partial charge in [-0.25, -0.2) is 0 Å². The van der Waals surface area contributed by atoms with E-state index in [0.29, 0.717) is 0 Å². The minimum atomic E-state index is 0.177. The Kier molecular flexibility index (Phi) is 6.14. The number of nitrogens with zero attached hydrogens (tertiary/aromatic N) is 4. The first-order chi connectivity index (χ1) is 12.7. The molecule has 1 aliphatic rings. The van der Waals surface area contributed by atoms with Crippen molar-refractivity contribution < 1.29 is 0 Å². The van der Waals surface area contributed by atoms with E-state index >= 15 is 0 Å². The first-order valence-corrected chi connectivity index (χ1v) is 9.69. The summed E-state index contributed by atoms with van der Waals surface area (Å²) in [5.41, 5.74) is 1.51. The molecule has 0 atom stereocenters. The van der Waals surface area contributed by atoms with Gasteiger partial charge in [0.05, 0.1) is 6.54 Å². The second kappa shape index (κ2) is 8.54. The Labute approximate surface area is 160 Å². The Morgan fingerprint density at radius 3 is 2.65 bits per heavy atom. The van der Waals surface area contributed by atoms with Gasteiger partial charge in [-0.3, -0.25) is 4.99 Å². The summed E-state index contributed by atoms with van der Waals surface area (Å²) < 4.78 is 2.08. The van der Waals surface area contributed by atoms with Gasteiger partial charge in [-0.15, -0.1) is 10.2 Å². The van der Waals surface area contributed by atoms with Crippen molar-refractivity contribution in [1.82, 2.24) is 25.4 Å². The van der Waals surface area contributed by atoms with Crippen LogP contribution in [0.3, 0.4) is 0 Å². The summed E-state index contributed by atoms with van der Waals surface area (Å²) in [5.74, 6) is 1.87. The number of aliphatic imine (C=N–C) groups is 1. The van der Waals surface area contributed by atoms with E-state index in [4.69, 9.17) is 16.6 Å². The van der Waals surface area contributed by atoms with Crippen LogP contribution >= 0.6 is 11.6 Å². The Balaban J connectivity index is 1.57. The number of halogens is 1. The summed E-state index contributed by atoms with van der Waals surface area (Å²) >= 11 is 6.01. The van der Waals surface area contributed by atoms with Gasteiger partial charge in [-0.05, 0) is 37.5 Å². The molecule has 0 radical (unpaired) electrons. The number of aromatic nitrogens is 3. The molecule has 3 rings (SSSR count). The third-order valence-electron chi connectivity index (χ3n) is 4.85. The van der Waals surface area contributed by atoms with Gasteiger partial charge in [-0.2, -0.15) is 0 Å². The molecule has 1 aromatic carbocycles. The van der Waals surface area contributed by atoms with Crippen LogP contribution in [0.25, 0.3) is 0 Å². The smallest absolute Gasteiger partial charge is 0.191 e. The molecular formula is C19H27ClN6. The molecule has 1 fully saturated rings. The lowest BCUT2D eigenvalue weighted by atomic mass is 9.96. The Morgan fingerprint density at radius 2 is 2.00 bits per heavy atom. The predicted molar refractivity (Wildman–Crippen MR) is 106 cm³/mol. The number of benzene rings is 1. The summed E-state index contributed by atoms with van der Waals surface area (Å²) in [4.78, 5) is 4.83. The molecule has 2 N–H and O–H groups in total. The van der Waals surface area contributed by atoms with Crippen LogP contribution in [0.1, 0.15) is 38.1 Å². The van der Waals surface area contributed by atoms with E-state index in [2.05, 4.69) is 51.4 Å². The molecule has 0 saturated heterocycles. The van der Waals surface area contributed by atoms with Crippen LogP contribution in [0.4, 0.5) is 0 Å². The third-order valence-corrected chi connectivity index (χ3v) is 5.10. The van der Waals surface area contributed by atoms with E-state index in [1.54, 1.807) is 6.33 Å². The number of rotatable bonds is 8. The van der Waals surface area contributed by atoms with Crippen LogP contribution in [0.15, 0.2) is 35.6 Å². The van der Waals surface area contributed by atoms with E-state index < -0.39 is 0 Å². The van der Waals surface area contributed by atoms with Gasteiger partial charge in [0, 0.05) is 36.5 Å². The molecule has 0 aliphatic heterocycles. The van der Waals surface area contributed by atoms with Crippen LogP contribution in [-0.4, -0.2) is 40.4 Å². The van der Waals surface area contributed by atoms with Crippen LogP contribution in [0.2, 0.25) is 5.02 Å². The van der Waals surface area contributed by atoms with Crippen molar-refractivity contribution in [2.24, 2.45) is 4.99 Å². The van der Waals surface area contributed by atoms with E-state index in [-0.39, 0.29) is 5.41 Å². The van der Waals surface area contributed by atoms with Gasteiger partial charge in [0.1, 0.15) is 12.2 Å². The molecule has 1 aromatic heterocycles. The van der Waals surface area contributed by atoms with Gasteiger partial charge < -0.3 is 15.2 Å². The second-order valence-corrected chi connectivity index (χ2v) is 7.14. The van der Waals surface area contributed by atoms with Crippen molar-refractivity contribution >= 4 is 17.6 Å². The fourth-order valence-corrected chi connectivity index (χ4v) is 3.22. The van der Waals surface area contributed by atoms with E-state index in [1.165, 1.54) is 18.4 Å². The molecular weight excluding hydrogens is 348 g/mol. The fourth-order valence-electron chi connectivity index (χ4n) is 3.10. The van der Waals surface area contributed by atoms with E-state index in [1.807, 2.05) is 12.1 Å². The molecule has 26 heavy (non-hydrogen) atoms. The highest BCUT2D eigenvalue weighted by atomic mass is 35.5. The lowest BCUT2D eigenvalue weighted by molar-refractivity contribution is 0.629. The largest absolute Gasteiger partial charge is 0.357 e. The Bertz CT molecular complexity index is 733. The van der Waals surface area contributed by atoms with Crippen molar-refractivity contribution in [3.8, 4) is 0 Å². The second-order valence-electron chi connectivity index (χ2n) is 6.70. The molecule has 0 amide bonds. The van der Waals surface area contributed by atoms with Crippen molar-refractivity contribution in [3.05, 3.63) is 47.0 Å². The number of guanidine groups is 1. The summed E-state index contributed by atoms with van der Waals surface area (Å²) in [7, 11) is 0. The van der Waals surface area contributed by atoms with Gasteiger partial charge in [0.25, 0.3) is 0 Å². The van der Waals surface area contributed by atoms with Gasteiger partial charge >= 0.3 is 0 Å². The SMILES string of the molecule is CCNC(=NCC1(c2ccc(Cl)cc2)CC1)NCCn1cnnc1CC. The number of aryl methyl sites for hydroxylation is 1. The molecule has 0 spiro atoms. The molecule has 6 nitrogen and oxygen atoms in total. The Hall–Kier alpha value is -2.08. The first-order valence-electron chi connectivity index (χ1n) is 9.32. The highest BCUT2D eigenvalue weighted by Crippen LogP contribution is 2.48. The molecule has 1 saturated carbocycles. The minimum Gasteiger partial charge on any atom is -0.357 e. The Morgan fingerprint density at radius 1 is 1.23 bits per heavy atom. The molecule has 1 heterocycles. The molecule has 0 unspecified atom stereocenters. The molecule has 140 valence electrons. The van der Waals surface area contributed by atoms with Crippen LogP contribution in [0.5, 0.6) is 0 Å². The van der Waals surface area contributed by atoms with Crippen molar-refractivity contribution in [2.45, 2.75) is 45.1 Å². The summed E-state index contributed by atoms with van der Waals surface area (Å²) in [6.07, 6.45) is 5.03. The normalized spacial score (nSPS) is 15.7. The van der Waals surface area contributed by atoms with E-state index in [9.17, 15) is 0 Å². The fraction of sp³-hybridized carbons (Fsp3) is 0.526. The average Bonchev–Trinajstić information content (AvgIpc) is 3.30. The average molecular weight is 375 g/mol. The van der Waals surface area contributed by atoms with Crippen molar-refractivity contribution in [1.29, 1.82) is 0 Å². The quantitative estimate of drug-likeness (QED) is 0.550. The highest BCUT2D eigenvalue weighted by molar-refractivity contribution is 6.30.